The highest BCUT2D eigenvalue weighted by Crippen LogP contribution is 2.30. The molecule has 3 heteroatoms. The SMILES string of the molecule is CCCn1cc(C)nc1NC1(C)CCCCC1. The summed E-state index contributed by atoms with van der Waals surface area (Å²) in [5.41, 5.74) is 1.36. The molecule has 0 radical (unpaired) electrons. The Bertz CT molecular complexity index is 362. The molecule has 1 aromatic heterocycles. The summed E-state index contributed by atoms with van der Waals surface area (Å²) in [5.74, 6) is 1.06. The van der Waals surface area contributed by atoms with Gasteiger partial charge in [-0.25, -0.2) is 4.98 Å². The number of anilines is 1. The molecule has 1 aliphatic carbocycles. The lowest BCUT2D eigenvalue weighted by atomic mass is 9.83. The van der Waals surface area contributed by atoms with Crippen LogP contribution in [0, 0.1) is 6.92 Å². The molecule has 0 aliphatic heterocycles. The lowest BCUT2D eigenvalue weighted by molar-refractivity contribution is 0.346. The van der Waals surface area contributed by atoms with Crippen molar-refractivity contribution in [1.29, 1.82) is 0 Å². The third-order valence-corrected chi connectivity index (χ3v) is 3.73. The first-order chi connectivity index (χ1) is 8.13. The average molecular weight is 235 g/mol. The van der Waals surface area contributed by atoms with E-state index in [0.717, 1.165) is 24.6 Å². The van der Waals surface area contributed by atoms with E-state index in [4.69, 9.17) is 0 Å². The number of rotatable bonds is 4. The molecule has 1 N–H and O–H groups in total. The third-order valence-electron chi connectivity index (χ3n) is 3.73. The lowest BCUT2D eigenvalue weighted by Crippen LogP contribution is -2.37. The second-order valence-corrected chi connectivity index (χ2v) is 5.65. The highest BCUT2D eigenvalue weighted by Gasteiger charge is 2.27. The molecule has 96 valence electrons. The average Bonchev–Trinajstić information content (AvgIpc) is 2.60. The molecule has 1 fully saturated rings. The van der Waals surface area contributed by atoms with E-state index in [0.29, 0.717) is 0 Å². The highest BCUT2D eigenvalue weighted by molar-refractivity contribution is 5.32. The van der Waals surface area contributed by atoms with Crippen LogP contribution in [0.2, 0.25) is 0 Å². The van der Waals surface area contributed by atoms with Crippen molar-refractivity contribution in [3.05, 3.63) is 11.9 Å². The smallest absolute Gasteiger partial charge is 0.203 e. The maximum absolute atomic E-state index is 4.62. The van der Waals surface area contributed by atoms with Gasteiger partial charge in [0.25, 0.3) is 0 Å². The van der Waals surface area contributed by atoms with Gasteiger partial charge >= 0.3 is 0 Å². The van der Waals surface area contributed by atoms with E-state index in [-0.39, 0.29) is 5.54 Å². The molecule has 2 rings (SSSR count). The quantitative estimate of drug-likeness (QED) is 0.861. The zero-order valence-electron chi connectivity index (χ0n) is 11.4. The summed E-state index contributed by atoms with van der Waals surface area (Å²) >= 11 is 0. The molecule has 1 aromatic rings. The Morgan fingerprint density at radius 2 is 2.06 bits per heavy atom. The fraction of sp³-hybridized carbons (Fsp3) is 0.786. The molecule has 1 heterocycles. The Balaban J connectivity index is 2.11. The van der Waals surface area contributed by atoms with Gasteiger partial charge in [0.2, 0.25) is 5.95 Å². The van der Waals surface area contributed by atoms with Crippen LogP contribution in [-0.2, 0) is 6.54 Å². The van der Waals surface area contributed by atoms with Gasteiger partial charge < -0.3 is 9.88 Å². The summed E-state index contributed by atoms with van der Waals surface area (Å²) in [6, 6.07) is 0. The maximum atomic E-state index is 4.62. The number of nitrogens with zero attached hydrogens (tertiary/aromatic N) is 2. The normalized spacial score (nSPS) is 19.2. The van der Waals surface area contributed by atoms with E-state index in [1.54, 1.807) is 0 Å². The molecule has 0 spiro atoms. The molecule has 3 nitrogen and oxygen atoms in total. The van der Waals surface area contributed by atoms with Crippen LogP contribution in [0.25, 0.3) is 0 Å². The number of nitrogens with one attached hydrogen (secondary N) is 1. The number of aryl methyl sites for hydroxylation is 2. The zero-order chi connectivity index (χ0) is 12.3. The summed E-state index contributed by atoms with van der Waals surface area (Å²) in [5, 5.41) is 3.68. The first-order valence-electron chi connectivity index (χ1n) is 6.95. The summed E-state index contributed by atoms with van der Waals surface area (Å²) in [6.07, 6.45) is 9.92. The second kappa shape index (κ2) is 5.11. The van der Waals surface area contributed by atoms with Crippen molar-refractivity contribution in [2.75, 3.05) is 5.32 Å². The predicted molar refractivity (Wildman–Crippen MR) is 72.4 cm³/mol. The highest BCUT2D eigenvalue weighted by atomic mass is 15.2. The molecule has 0 saturated heterocycles. The fourth-order valence-electron chi connectivity index (χ4n) is 2.78. The van der Waals surface area contributed by atoms with Gasteiger partial charge in [0.05, 0.1) is 5.69 Å². The minimum atomic E-state index is 0.252. The Kier molecular flexibility index (Phi) is 3.75. The van der Waals surface area contributed by atoms with Crippen LogP contribution >= 0.6 is 0 Å². The predicted octanol–water partition coefficient (Wildman–Crippen LogP) is 3.74. The second-order valence-electron chi connectivity index (χ2n) is 5.65. The van der Waals surface area contributed by atoms with Crippen molar-refractivity contribution < 1.29 is 0 Å². The topological polar surface area (TPSA) is 29.9 Å². The first-order valence-corrected chi connectivity index (χ1v) is 6.95. The standard InChI is InChI=1S/C14H25N3/c1-4-10-17-11-12(2)15-13(17)16-14(3)8-6-5-7-9-14/h11H,4-10H2,1-3H3,(H,15,16). The van der Waals surface area contributed by atoms with E-state index in [1.165, 1.54) is 32.1 Å². The minimum Gasteiger partial charge on any atom is -0.350 e. The van der Waals surface area contributed by atoms with E-state index >= 15 is 0 Å². The van der Waals surface area contributed by atoms with Gasteiger partial charge in [-0.05, 0) is 33.1 Å². The van der Waals surface area contributed by atoms with E-state index in [9.17, 15) is 0 Å². The van der Waals surface area contributed by atoms with Crippen LogP contribution in [0.4, 0.5) is 5.95 Å². The monoisotopic (exact) mass is 235 g/mol. The van der Waals surface area contributed by atoms with Gasteiger partial charge in [0.15, 0.2) is 0 Å². The lowest BCUT2D eigenvalue weighted by Gasteiger charge is -2.35. The van der Waals surface area contributed by atoms with Gasteiger partial charge in [-0.1, -0.05) is 26.2 Å². The molecule has 0 atom stereocenters. The number of hydrogen-bond donors (Lipinski definition) is 1. The molecule has 0 amide bonds. The largest absolute Gasteiger partial charge is 0.350 e. The Morgan fingerprint density at radius 3 is 2.71 bits per heavy atom. The summed E-state index contributed by atoms with van der Waals surface area (Å²) < 4.78 is 2.26. The van der Waals surface area contributed by atoms with Crippen molar-refractivity contribution in [1.82, 2.24) is 9.55 Å². The maximum Gasteiger partial charge on any atom is 0.203 e. The number of aromatic nitrogens is 2. The van der Waals surface area contributed by atoms with Crippen molar-refractivity contribution in [3.63, 3.8) is 0 Å². The van der Waals surface area contributed by atoms with Crippen LogP contribution in [0.5, 0.6) is 0 Å². The molecule has 17 heavy (non-hydrogen) atoms. The molecule has 0 bridgehead atoms. The molecule has 1 saturated carbocycles. The summed E-state index contributed by atoms with van der Waals surface area (Å²) in [6.45, 7) is 7.67. The summed E-state index contributed by atoms with van der Waals surface area (Å²) in [7, 11) is 0. The Labute approximate surface area is 105 Å². The van der Waals surface area contributed by atoms with Crippen molar-refractivity contribution in [2.45, 2.75) is 71.4 Å². The molecule has 0 aromatic carbocycles. The van der Waals surface area contributed by atoms with E-state index in [1.807, 2.05) is 0 Å². The Hall–Kier alpha value is -0.990. The molecular formula is C14H25N3. The summed E-state index contributed by atoms with van der Waals surface area (Å²) in [4.78, 5) is 4.62. The van der Waals surface area contributed by atoms with Crippen LogP contribution in [0.15, 0.2) is 6.20 Å². The van der Waals surface area contributed by atoms with E-state index in [2.05, 4.69) is 41.8 Å². The van der Waals surface area contributed by atoms with Crippen LogP contribution in [0.1, 0.15) is 58.1 Å². The van der Waals surface area contributed by atoms with Gasteiger partial charge in [0, 0.05) is 18.3 Å². The van der Waals surface area contributed by atoms with Crippen molar-refractivity contribution >= 4 is 5.95 Å². The van der Waals surface area contributed by atoms with Crippen LogP contribution < -0.4 is 5.32 Å². The van der Waals surface area contributed by atoms with Crippen LogP contribution in [0.3, 0.4) is 0 Å². The van der Waals surface area contributed by atoms with Gasteiger partial charge in [-0.3, -0.25) is 0 Å². The molecular weight excluding hydrogens is 210 g/mol. The number of imidazole rings is 1. The zero-order valence-corrected chi connectivity index (χ0v) is 11.4. The van der Waals surface area contributed by atoms with Gasteiger partial charge in [0.1, 0.15) is 0 Å². The van der Waals surface area contributed by atoms with Crippen molar-refractivity contribution in [2.24, 2.45) is 0 Å². The van der Waals surface area contributed by atoms with Crippen LogP contribution in [-0.4, -0.2) is 15.1 Å². The fourth-order valence-corrected chi connectivity index (χ4v) is 2.78. The first kappa shape index (κ1) is 12.5. The van der Waals surface area contributed by atoms with Crippen molar-refractivity contribution in [3.8, 4) is 0 Å². The van der Waals surface area contributed by atoms with E-state index < -0.39 is 0 Å². The Morgan fingerprint density at radius 1 is 1.35 bits per heavy atom. The van der Waals surface area contributed by atoms with Gasteiger partial charge in [-0.2, -0.15) is 0 Å². The third kappa shape index (κ3) is 3.02. The number of hydrogen-bond acceptors (Lipinski definition) is 2. The minimum absolute atomic E-state index is 0.252. The molecule has 1 aliphatic rings. The van der Waals surface area contributed by atoms with Gasteiger partial charge in [-0.15, -0.1) is 0 Å². The molecule has 0 unspecified atom stereocenters.